The Morgan fingerprint density at radius 2 is 2.00 bits per heavy atom. The third-order valence-corrected chi connectivity index (χ3v) is 1.76. The standard InChI is InChI=1S/CH4N.CH3.Am/c1-2;;/h2H,1H3;1H3;/q-1;;+1. The molecule has 1 N–H and O–H groups in total. The van der Waals surface area contributed by atoms with E-state index in [0.29, 0.717) is 0 Å². The van der Waals surface area contributed by atoms with Crippen molar-refractivity contribution < 1.29 is 12.7 Å². The van der Waals surface area contributed by atoms with Gasteiger partial charge in [-0.3, -0.25) is 0 Å². The Kier molecular flexibility index (Phi) is 3.64. The van der Waals surface area contributed by atoms with Gasteiger partial charge in [0.05, 0.1) is 0 Å². The molecule has 2 heteroatoms. The topological polar surface area (TPSA) is 12.0 Å². The summed E-state index contributed by atoms with van der Waals surface area (Å²) in [7, 11) is 2.01. The summed E-state index contributed by atoms with van der Waals surface area (Å²) < 4.78 is 3.11. The van der Waals surface area contributed by atoms with Gasteiger partial charge in [0, 0.05) is 0 Å². The first-order valence-corrected chi connectivity index (χ1v) is 5.79. The Balaban J connectivity index is 1.97. The third kappa shape index (κ3) is 2.35. The van der Waals surface area contributed by atoms with E-state index in [4.69, 9.17) is 0 Å². The van der Waals surface area contributed by atoms with Crippen LogP contribution in [-0.2, 0) is 0 Å². The monoisotopic (exact) mass is 286 g/mol. The van der Waals surface area contributed by atoms with Crippen LogP contribution < -0.4 is 4.64 Å². The molecular formula is C2H7AmN. The van der Waals surface area contributed by atoms with Crippen LogP contribution >= 0.6 is 0 Å². The van der Waals surface area contributed by atoms with Crippen molar-refractivity contribution in [2.24, 2.45) is 0 Å². The summed E-state index contributed by atoms with van der Waals surface area (Å²) in [6.07, 6.45) is 2.25. The molecule has 27 valence electrons. The fourth-order valence-electron chi connectivity index (χ4n) is 0. The molecule has 0 aromatic rings. The molecule has 0 aliphatic carbocycles. The van der Waals surface area contributed by atoms with Crippen LogP contribution in [0.15, 0.2) is 0 Å². The van der Waals surface area contributed by atoms with Crippen LogP contribution in [0.5, 0.6) is 0 Å². The number of hydrogen-bond acceptors (Lipinski definition) is 1. The van der Waals surface area contributed by atoms with E-state index in [-0.39, 0.29) is 12.7 Å². The molecule has 0 aliphatic rings. The van der Waals surface area contributed by atoms with Crippen LogP contribution in [0.25, 0.3) is 0 Å². The Morgan fingerprint density at radius 3 is 2.00 bits per heavy atom. The molecule has 0 saturated heterocycles. The second-order valence-corrected chi connectivity index (χ2v) is 3.53. The van der Waals surface area contributed by atoms with E-state index in [9.17, 15) is 0 Å². The van der Waals surface area contributed by atoms with Crippen LogP contribution in [0.3, 0.4) is 0 Å². The van der Waals surface area contributed by atoms with Crippen molar-refractivity contribution in [2.45, 2.75) is 6.16 Å². The summed E-state index contributed by atoms with van der Waals surface area (Å²) >= 11 is -0.0813. The van der Waals surface area contributed by atoms with Crippen molar-refractivity contribution in [1.29, 1.82) is 0 Å². The van der Waals surface area contributed by atoms with E-state index in [0.717, 1.165) is 0 Å². The van der Waals surface area contributed by atoms with Gasteiger partial charge >= 0.3 is 30.5 Å². The Labute approximate surface area is 31.4 Å². The summed E-state index contributed by atoms with van der Waals surface area (Å²) in [5.41, 5.74) is 0. The first kappa shape index (κ1) is 4.35. The zero-order chi connectivity index (χ0) is 3.41. The molecule has 0 rings (SSSR count). The van der Waals surface area contributed by atoms with Gasteiger partial charge in [-0.15, -0.1) is 0 Å². The van der Waals surface area contributed by atoms with Gasteiger partial charge < -0.3 is 0 Å². The van der Waals surface area contributed by atoms with Crippen molar-refractivity contribution in [2.75, 3.05) is 7.05 Å². The molecular weight excluding hydrogens is 281 g/mol. The Hall–Kier alpha value is 0.350. The van der Waals surface area contributed by atoms with Gasteiger partial charge in [0.25, 0.3) is 0 Å². The van der Waals surface area contributed by atoms with Crippen molar-refractivity contribution in [3.63, 3.8) is 0 Å². The Morgan fingerprint density at radius 1 is 1.75 bits per heavy atom. The molecule has 0 aromatic carbocycles. The molecule has 1 nitrogen and oxygen atoms in total. The third-order valence-electron chi connectivity index (χ3n) is 0.189. The summed E-state index contributed by atoms with van der Waals surface area (Å²) in [6, 6.07) is 0. The zero-order valence-electron chi connectivity index (χ0n) is 2.88. The molecule has 0 bridgehead atoms. The minimum atomic E-state index is -0.0813. The quantitative estimate of drug-likeness (QED) is 0.729. The van der Waals surface area contributed by atoms with Gasteiger partial charge in [-0.05, 0) is 0 Å². The van der Waals surface area contributed by atoms with Crippen LogP contribution in [0.1, 0.15) is 0 Å². The van der Waals surface area contributed by atoms with Crippen LogP contribution in [0.4, 0.5) is 0 Å². The molecule has 0 radical (unpaired) electrons. The second kappa shape index (κ2) is 3.35. The van der Waals surface area contributed by atoms with Crippen LogP contribution in [0, 0.1) is 12.7 Å². The average molecular weight is 288 g/mol. The van der Waals surface area contributed by atoms with E-state index in [1.807, 2.05) is 7.05 Å². The maximum atomic E-state index is 3.11. The van der Waals surface area contributed by atoms with Gasteiger partial charge in [0.1, 0.15) is 0 Å². The van der Waals surface area contributed by atoms with E-state index in [2.05, 4.69) is 10.8 Å². The zero-order valence-corrected chi connectivity index (χ0v) is 6.03. The van der Waals surface area contributed by atoms with Crippen LogP contribution in [-0.4, -0.2) is 7.05 Å². The van der Waals surface area contributed by atoms with Gasteiger partial charge in [-0.2, -0.15) is 0 Å². The molecule has 0 spiro atoms. The summed E-state index contributed by atoms with van der Waals surface area (Å²) in [6.45, 7) is 0. The van der Waals surface area contributed by atoms with Crippen molar-refractivity contribution in [3.8, 4) is 0 Å². The van der Waals surface area contributed by atoms with E-state index >= 15 is 0 Å². The predicted molar refractivity (Wildman–Crippen MR) is 14.9 cm³/mol. The first-order chi connectivity index (χ1) is 1.91. The molecule has 0 saturated carbocycles. The van der Waals surface area contributed by atoms with E-state index in [1.165, 1.54) is 0 Å². The molecule has 0 amide bonds. The molecule has 0 unspecified atom stereocenters. The van der Waals surface area contributed by atoms with E-state index < -0.39 is 0 Å². The normalized spacial score (nSPS) is 5.50. The molecule has 0 aromatic heterocycles. The molecule has 0 heterocycles. The SMILES string of the molecule is C[NH][Am][CH3]. The Bertz CT molecular complexity index is 8.00. The summed E-state index contributed by atoms with van der Waals surface area (Å²) in [5.74, 6) is 0. The number of hydrogen-bond donors (Lipinski definition) is 1. The minimum absolute atomic E-state index is 0.0813. The number of nitrogens with one attached hydrogen (secondary N) is 1. The molecule has 0 fully saturated rings. The van der Waals surface area contributed by atoms with Gasteiger partial charge in [0.15, 0.2) is 0 Å². The van der Waals surface area contributed by atoms with Gasteiger partial charge in [-0.1, -0.05) is 0 Å². The first-order valence-electron chi connectivity index (χ1n) is 1.07. The summed E-state index contributed by atoms with van der Waals surface area (Å²) in [5, 5.41) is 0. The fraction of sp³-hybridized carbons (Fsp3) is 1.00. The average Bonchev–Trinajstić information content (AvgIpc) is 1.37. The molecule has 0 aliphatic heterocycles. The van der Waals surface area contributed by atoms with Gasteiger partial charge in [-0.25, -0.2) is 0 Å². The number of rotatable bonds is 1. The summed E-state index contributed by atoms with van der Waals surface area (Å²) in [4.78, 5) is 0. The van der Waals surface area contributed by atoms with Gasteiger partial charge in [0.2, 0.25) is 0 Å². The van der Waals surface area contributed by atoms with Crippen molar-refractivity contribution >= 4 is 0 Å². The maximum absolute atomic E-state index is 3.11. The second-order valence-electron chi connectivity index (χ2n) is 0.378. The van der Waals surface area contributed by atoms with Crippen molar-refractivity contribution in [3.05, 3.63) is 0 Å². The molecule has 4 heavy (non-hydrogen) atoms. The fourth-order valence-corrected chi connectivity index (χ4v) is 0. The van der Waals surface area contributed by atoms with Crippen LogP contribution in [0.2, 0.25) is 6.16 Å². The van der Waals surface area contributed by atoms with E-state index in [1.54, 1.807) is 0 Å². The molecule has 0 atom stereocenters. The van der Waals surface area contributed by atoms with Crippen molar-refractivity contribution in [1.82, 2.24) is 4.64 Å². The predicted octanol–water partition coefficient (Wildman–Crippen LogP) is 0.254.